The summed E-state index contributed by atoms with van der Waals surface area (Å²) in [4.78, 5) is 17.1. The van der Waals surface area contributed by atoms with Gasteiger partial charge >= 0.3 is 0 Å². The second-order valence-corrected chi connectivity index (χ2v) is 7.01. The fourth-order valence-electron chi connectivity index (χ4n) is 3.39. The molecule has 0 spiro atoms. The molecule has 2 aromatic rings. The van der Waals surface area contributed by atoms with E-state index in [2.05, 4.69) is 10.3 Å². The summed E-state index contributed by atoms with van der Waals surface area (Å²) >= 11 is 0. The van der Waals surface area contributed by atoms with E-state index in [-0.39, 0.29) is 23.8 Å². The van der Waals surface area contributed by atoms with Gasteiger partial charge in [-0.2, -0.15) is 0 Å². The van der Waals surface area contributed by atoms with Crippen LogP contribution in [0.1, 0.15) is 29.9 Å². The van der Waals surface area contributed by atoms with Crippen molar-refractivity contribution in [3.05, 3.63) is 66.0 Å². The number of hydrogen-bond acceptors (Lipinski definition) is 4. The van der Waals surface area contributed by atoms with E-state index in [1.807, 2.05) is 42.5 Å². The molecular weight excluding hydrogens is 328 g/mol. The van der Waals surface area contributed by atoms with E-state index in [0.29, 0.717) is 26.2 Å². The van der Waals surface area contributed by atoms with Crippen LogP contribution in [0.5, 0.6) is 0 Å². The van der Waals surface area contributed by atoms with Crippen LogP contribution >= 0.6 is 0 Å². The summed E-state index contributed by atoms with van der Waals surface area (Å²) in [6, 6.07) is 13.7. The molecule has 1 fully saturated rings. The van der Waals surface area contributed by atoms with Crippen LogP contribution in [0.15, 0.2) is 54.9 Å². The molecule has 1 saturated heterocycles. The van der Waals surface area contributed by atoms with Crippen LogP contribution in [0.2, 0.25) is 0 Å². The van der Waals surface area contributed by atoms with Crippen molar-refractivity contribution in [3.63, 3.8) is 0 Å². The molecule has 1 aromatic carbocycles. The number of rotatable bonds is 7. The SMILES string of the molecule is O=C(NCC1(CO)CCOCC1)C(Cc1ccncc1)c1ccccc1. The molecule has 2 heterocycles. The van der Waals surface area contributed by atoms with Crippen molar-refractivity contribution in [3.8, 4) is 0 Å². The zero-order valence-electron chi connectivity index (χ0n) is 14.9. The normalized spacial score (nSPS) is 17.4. The number of nitrogens with one attached hydrogen (secondary N) is 1. The highest BCUT2D eigenvalue weighted by atomic mass is 16.5. The van der Waals surface area contributed by atoms with Gasteiger partial charge in [-0.05, 0) is 42.5 Å². The van der Waals surface area contributed by atoms with Crippen molar-refractivity contribution >= 4 is 5.91 Å². The number of nitrogens with zero attached hydrogens (tertiary/aromatic N) is 1. The third-order valence-electron chi connectivity index (χ3n) is 5.23. The Morgan fingerprint density at radius 2 is 1.85 bits per heavy atom. The Bertz CT molecular complexity index is 685. The van der Waals surface area contributed by atoms with Gasteiger partial charge in [-0.1, -0.05) is 30.3 Å². The minimum atomic E-state index is -0.272. The molecule has 1 unspecified atom stereocenters. The number of carbonyl (C=O) groups is 1. The summed E-state index contributed by atoms with van der Waals surface area (Å²) in [5.74, 6) is -0.276. The Morgan fingerprint density at radius 1 is 1.15 bits per heavy atom. The van der Waals surface area contributed by atoms with E-state index in [1.54, 1.807) is 12.4 Å². The first-order valence-electron chi connectivity index (χ1n) is 9.13. The Hall–Kier alpha value is -2.24. The highest BCUT2D eigenvalue weighted by Gasteiger charge is 2.33. The van der Waals surface area contributed by atoms with Crippen LogP contribution in [0.4, 0.5) is 0 Å². The van der Waals surface area contributed by atoms with E-state index in [1.165, 1.54) is 0 Å². The highest BCUT2D eigenvalue weighted by Crippen LogP contribution is 2.29. The number of hydrogen-bond donors (Lipinski definition) is 2. The summed E-state index contributed by atoms with van der Waals surface area (Å²) in [5.41, 5.74) is 1.80. The van der Waals surface area contributed by atoms with Gasteiger partial charge in [0.25, 0.3) is 0 Å². The van der Waals surface area contributed by atoms with E-state index in [9.17, 15) is 9.90 Å². The summed E-state index contributed by atoms with van der Waals surface area (Å²) in [7, 11) is 0. The van der Waals surface area contributed by atoms with Crippen molar-refractivity contribution < 1.29 is 14.6 Å². The Labute approximate surface area is 154 Å². The minimum absolute atomic E-state index is 0.00710. The molecule has 3 rings (SSSR count). The van der Waals surface area contributed by atoms with Gasteiger partial charge in [0, 0.05) is 37.6 Å². The van der Waals surface area contributed by atoms with Gasteiger partial charge in [-0.15, -0.1) is 0 Å². The molecule has 1 atom stereocenters. The molecule has 0 radical (unpaired) electrons. The lowest BCUT2D eigenvalue weighted by molar-refractivity contribution is -0.123. The number of aromatic nitrogens is 1. The smallest absolute Gasteiger partial charge is 0.227 e. The van der Waals surface area contributed by atoms with Gasteiger partial charge in [-0.3, -0.25) is 9.78 Å². The summed E-state index contributed by atoms with van der Waals surface area (Å²) in [6.45, 7) is 1.81. The van der Waals surface area contributed by atoms with Crippen LogP contribution < -0.4 is 5.32 Å². The standard InChI is InChI=1S/C21H26N2O3/c24-16-21(8-12-26-13-9-21)15-23-20(25)19(18-4-2-1-3-5-18)14-17-6-10-22-11-7-17/h1-7,10-11,19,24H,8-9,12-16H2,(H,23,25). The van der Waals surface area contributed by atoms with Gasteiger partial charge in [0.1, 0.15) is 0 Å². The third kappa shape index (κ3) is 4.68. The third-order valence-corrected chi connectivity index (χ3v) is 5.23. The largest absolute Gasteiger partial charge is 0.396 e. The summed E-state index contributed by atoms with van der Waals surface area (Å²) < 4.78 is 5.40. The van der Waals surface area contributed by atoms with Crippen molar-refractivity contribution in [1.82, 2.24) is 10.3 Å². The zero-order valence-corrected chi connectivity index (χ0v) is 14.9. The Kier molecular flexibility index (Phi) is 6.36. The number of carbonyl (C=O) groups excluding carboxylic acids is 1. The molecule has 0 aliphatic carbocycles. The number of ether oxygens (including phenoxy) is 1. The first-order valence-corrected chi connectivity index (χ1v) is 9.13. The molecule has 26 heavy (non-hydrogen) atoms. The average molecular weight is 354 g/mol. The molecule has 0 bridgehead atoms. The minimum Gasteiger partial charge on any atom is -0.396 e. The quantitative estimate of drug-likeness (QED) is 0.800. The van der Waals surface area contributed by atoms with E-state index in [0.717, 1.165) is 24.0 Å². The molecule has 2 N–H and O–H groups in total. The summed E-state index contributed by atoms with van der Waals surface area (Å²) in [5, 5.41) is 12.9. The molecule has 1 aliphatic heterocycles. The molecule has 5 nitrogen and oxygen atoms in total. The lowest BCUT2D eigenvalue weighted by Crippen LogP contribution is -2.45. The second-order valence-electron chi connectivity index (χ2n) is 7.01. The monoisotopic (exact) mass is 354 g/mol. The fourth-order valence-corrected chi connectivity index (χ4v) is 3.39. The predicted octanol–water partition coefficient (Wildman–Crippen LogP) is 2.31. The van der Waals surface area contributed by atoms with Crippen LogP contribution in [-0.2, 0) is 16.0 Å². The maximum atomic E-state index is 13.0. The first kappa shape index (κ1) is 18.5. The highest BCUT2D eigenvalue weighted by molar-refractivity contribution is 5.84. The average Bonchev–Trinajstić information content (AvgIpc) is 2.72. The maximum absolute atomic E-state index is 13.0. The van der Waals surface area contributed by atoms with Gasteiger partial charge in [-0.25, -0.2) is 0 Å². The van der Waals surface area contributed by atoms with Crippen LogP contribution in [0.3, 0.4) is 0 Å². The van der Waals surface area contributed by atoms with Gasteiger partial charge in [0.2, 0.25) is 5.91 Å². The molecule has 138 valence electrons. The Morgan fingerprint density at radius 3 is 2.50 bits per heavy atom. The molecular formula is C21H26N2O3. The maximum Gasteiger partial charge on any atom is 0.227 e. The molecule has 1 amide bonds. The van der Waals surface area contributed by atoms with Crippen LogP contribution in [-0.4, -0.2) is 42.4 Å². The molecule has 0 saturated carbocycles. The van der Waals surface area contributed by atoms with Crippen molar-refractivity contribution in [2.75, 3.05) is 26.4 Å². The predicted molar refractivity (Wildman–Crippen MR) is 99.7 cm³/mol. The van der Waals surface area contributed by atoms with E-state index < -0.39 is 0 Å². The van der Waals surface area contributed by atoms with Gasteiger partial charge < -0.3 is 15.2 Å². The number of amides is 1. The van der Waals surface area contributed by atoms with Crippen LogP contribution in [0.25, 0.3) is 0 Å². The molecule has 1 aromatic heterocycles. The Balaban J connectivity index is 1.72. The fraction of sp³-hybridized carbons (Fsp3) is 0.429. The van der Waals surface area contributed by atoms with Gasteiger partial charge in [0.15, 0.2) is 0 Å². The number of pyridine rings is 1. The number of aliphatic hydroxyl groups is 1. The number of benzene rings is 1. The van der Waals surface area contributed by atoms with E-state index in [4.69, 9.17) is 4.74 Å². The van der Waals surface area contributed by atoms with Crippen LogP contribution in [0, 0.1) is 5.41 Å². The lowest BCUT2D eigenvalue weighted by Gasteiger charge is -2.36. The summed E-state index contributed by atoms with van der Waals surface area (Å²) in [6.07, 6.45) is 5.65. The lowest BCUT2D eigenvalue weighted by atomic mass is 9.80. The molecule has 1 aliphatic rings. The van der Waals surface area contributed by atoms with Gasteiger partial charge in [0.05, 0.1) is 12.5 Å². The van der Waals surface area contributed by atoms with Crippen molar-refractivity contribution in [2.45, 2.75) is 25.2 Å². The van der Waals surface area contributed by atoms with E-state index >= 15 is 0 Å². The van der Waals surface area contributed by atoms with Crippen molar-refractivity contribution in [1.29, 1.82) is 0 Å². The topological polar surface area (TPSA) is 71.5 Å². The van der Waals surface area contributed by atoms with Crippen molar-refractivity contribution in [2.24, 2.45) is 5.41 Å². The second kappa shape index (κ2) is 8.92. The number of aliphatic hydroxyl groups excluding tert-OH is 1. The molecule has 5 heteroatoms. The first-order chi connectivity index (χ1) is 12.7. The zero-order chi connectivity index (χ0) is 18.2.